The first-order valence-corrected chi connectivity index (χ1v) is 13.6. The SMILES string of the molecule is COc1ccc(CN(C(=O)CN(c2ccc(Cl)c(C(F)(F)F)c2)S(C)(=O)=O)[C@@H](C)C(=O)NC(C)(C)C)cc1. The highest BCUT2D eigenvalue weighted by Gasteiger charge is 2.36. The molecule has 13 heteroatoms. The van der Waals surface area contributed by atoms with E-state index in [-0.39, 0.29) is 6.54 Å². The first-order valence-electron chi connectivity index (χ1n) is 11.4. The normalized spacial score (nSPS) is 13.0. The summed E-state index contributed by atoms with van der Waals surface area (Å²) in [5.74, 6) is -0.723. The average Bonchev–Trinajstić information content (AvgIpc) is 2.78. The summed E-state index contributed by atoms with van der Waals surface area (Å²) >= 11 is 5.68. The van der Waals surface area contributed by atoms with Crippen LogP contribution in [-0.4, -0.2) is 56.6 Å². The Balaban J connectivity index is 2.49. The Labute approximate surface area is 225 Å². The lowest BCUT2D eigenvalue weighted by atomic mass is 10.1. The molecule has 0 saturated heterocycles. The van der Waals surface area contributed by atoms with Gasteiger partial charge in [-0.2, -0.15) is 13.2 Å². The van der Waals surface area contributed by atoms with E-state index in [4.69, 9.17) is 16.3 Å². The van der Waals surface area contributed by atoms with E-state index in [1.807, 2.05) is 0 Å². The van der Waals surface area contributed by atoms with Crippen molar-refractivity contribution in [2.75, 3.05) is 24.2 Å². The summed E-state index contributed by atoms with van der Waals surface area (Å²) in [5, 5.41) is 2.16. The molecule has 2 aromatic rings. The lowest BCUT2D eigenvalue weighted by molar-refractivity contribution is -0.140. The van der Waals surface area contributed by atoms with Gasteiger partial charge in [0, 0.05) is 12.1 Å². The minimum Gasteiger partial charge on any atom is -0.497 e. The number of alkyl halides is 3. The van der Waals surface area contributed by atoms with E-state index in [0.717, 1.165) is 18.4 Å². The van der Waals surface area contributed by atoms with E-state index in [1.54, 1.807) is 45.0 Å². The van der Waals surface area contributed by atoms with Crippen molar-refractivity contribution in [3.05, 3.63) is 58.6 Å². The summed E-state index contributed by atoms with van der Waals surface area (Å²) in [6.45, 7) is 5.85. The van der Waals surface area contributed by atoms with Gasteiger partial charge in [0.1, 0.15) is 18.3 Å². The third-order valence-corrected chi connectivity index (χ3v) is 6.87. The van der Waals surface area contributed by atoms with Crippen LogP contribution in [-0.2, 0) is 32.3 Å². The number of carbonyl (C=O) groups excluding carboxylic acids is 2. The van der Waals surface area contributed by atoms with Gasteiger partial charge in [-0.25, -0.2) is 8.42 Å². The van der Waals surface area contributed by atoms with E-state index < -0.39 is 62.4 Å². The zero-order valence-corrected chi connectivity index (χ0v) is 23.5. The molecule has 8 nitrogen and oxygen atoms in total. The van der Waals surface area contributed by atoms with Crippen molar-refractivity contribution < 1.29 is 35.9 Å². The number of benzene rings is 2. The quantitative estimate of drug-likeness (QED) is 0.475. The van der Waals surface area contributed by atoms with E-state index in [1.165, 1.54) is 18.9 Å². The maximum absolute atomic E-state index is 13.5. The van der Waals surface area contributed by atoms with Gasteiger partial charge in [-0.1, -0.05) is 23.7 Å². The van der Waals surface area contributed by atoms with Crippen LogP contribution in [0.4, 0.5) is 18.9 Å². The number of nitrogens with one attached hydrogen (secondary N) is 1. The van der Waals surface area contributed by atoms with Gasteiger partial charge in [-0.15, -0.1) is 0 Å². The van der Waals surface area contributed by atoms with Gasteiger partial charge >= 0.3 is 6.18 Å². The second-order valence-corrected chi connectivity index (χ2v) is 12.0. The largest absolute Gasteiger partial charge is 0.497 e. The number of hydrogen-bond donors (Lipinski definition) is 1. The summed E-state index contributed by atoms with van der Waals surface area (Å²) in [6, 6.07) is 8.20. The number of anilines is 1. The van der Waals surface area contributed by atoms with Crippen LogP contribution >= 0.6 is 11.6 Å². The molecule has 1 N–H and O–H groups in total. The van der Waals surface area contributed by atoms with E-state index >= 15 is 0 Å². The number of methoxy groups -OCH3 is 1. The predicted molar refractivity (Wildman–Crippen MR) is 140 cm³/mol. The molecule has 38 heavy (non-hydrogen) atoms. The van der Waals surface area contributed by atoms with Crippen molar-refractivity contribution in [1.29, 1.82) is 0 Å². The molecule has 0 aliphatic rings. The van der Waals surface area contributed by atoms with Gasteiger partial charge in [0.05, 0.1) is 29.6 Å². The second kappa shape index (κ2) is 11.8. The third-order valence-electron chi connectivity index (χ3n) is 5.40. The van der Waals surface area contributed by atoms with Crippen LogP contribution in [0.25, 0.3) is 0 Å². The molecular weight excluding hydrogens is 547 g/mol. The molecule has 0 saturated carbocycles. The summed E-state index contributed by atoms with van der Waals surface area (Å²) in [5.41, 5.74) is -1.64. The Hall–Kier alpha value is -2.99. The Bertz CT molecular complexity index is 1260. The number of sulfonamides is 1. The first-order chi connectivity index (χ1) is 17.3. The zero-order valence-electron chi connectivity index (χ0n) is 21.9. The number of hydrogen-bond acceptors (Lipinski definition) is 5. The average molecular weight is 578 g/mol. The maximum Gasteiger partial charge on any atom is 0.417 e. The Kier molecular flexibility index (Phi) is 9.71. The number of carbonyl (C=O) groups is 2. The molecule has 0 aliphatic heterocycles. The van der Waals surface area contributed by atoms with Gasteiger partial charge in [0.25, 0.3) is 0 Å². The Morgan fingerprint density at radius 1 is 1.08 bits per heavy atom. The van der Waals surface area contributed by atoms with Crippen LogP contribution in [0.1, 0.15) is 38.8 Å². The van der Waals surface area contributed by atoms with Crippen molar-refractivity contribution >= 4 is 39.1 Å². The third kappa shape index (κ3) is 8.52. The molecule has 0 fully saturated rings. The van der Waals surface area contributed by atoms with Crippen molar-refractivity contribution in [3.63, 3.8) is 0 Å². The van der Waals surface area contributed by atoms with Crippen molar-refractivity contribution in [3.8, 4) is 5.75 Å². The highest BCUT2D eigenvalue weighted by atomic mass is 35.5. The van der Waals surface area contributed by atoms with Crippen LogP contribution in [0.5, 0.6) is 5.75 Å². The van der Waals surface area contributed by atoms with E-state index in [0.29, 0.717) is 21.7 Å². The lowest BCUT2D eigenvalue weighted by Gasteiger charge is -2.33. The van der Waals surface area contributed by atoms with E-state index in [9.17, 15) is 31.2 Å². The highest BCUT2D eigenvalue weighted by Crippen LogP contribution is 2.37. The fourth-order valence-corrected chi connectivity index (χ4v) is 4.55. The second-order valence-electron chi connectivity index (χ2n) is 9.72. The standard InChI is InChI=1S/C25H31ClF3N3O5S/c1-16(23(34)30-24(2,3)4)31(14-17-7-10-19(37-5)11-8-17)22(33)15-32(38(6,35)36)18-9-12-21(26)20(13-18)25(27,28)29/h7-13,16H,14-15H2,1-6H3,(H,30,34)/t16-/m0/s1. The predicted octanol–water partition coefficient (Wildman–Crippen LogP) is 4.47. The van der Waals surface area contributed by atoms with E-state index in [2.05, 4.69) is 5.32 Å². The Morgan fingerprint density at radius 3 is 2.13 bits per heavy atom. The first kappa shape index (κ1) is 31.2. The molecule has 0 bridgehead atoms. The zero-order chi connectivity index (χ0) is 29.1. The fourth-order valence-electron chi connectivity index (χ4n) is 3.48. The molecule has 0 heterocycles. The molecule has 2 amide bonds. The molecule has 0 aliphatic carbocycles. The molecule has 1 atom stereocenters. The molecule has 0 radical (unpaired) electrons. The fraction of sp³-hybridized carbons (Fsp3) is 0.440. The molecule has 2 aromatic carbocycles. The molecule has 0 spiro atoms. The van der Waals surface area contributed by atoms with Crippen LogP contribution in [0.15, 0.2) is 42.5 Å². The monoisotopic (exact) mass is 577 g/mol. The minimum absolute atomic E-state index is 0.0758. The summed E-state index contributed by atoms with van der Waals surface area (Å²) in [7, 11) is -2.73. The molecule has 2 rings (SSSR count). The van der Waals surface area contributed by atoms with Gasteiger partial charge < -0.3 is 15.0 Å². The highest BCUT2D eigenvalue weighted by molar-refractivity contribution is 7.92. The van der Waals surface area contributed by atoms with Crippen LogP contribution in [0.2, 0.25) is 5.02 Å². The summed E-state index contributed by atoms with van der Waals surface area (Å²) < 4.78 is 71.2. The van der Waals surface area contributed by atoms with Crippen molar-refractivity contribution in [2.45, 2.75) is 52.0 Å². The smallest absolute Gasteiger partial charge is 0.417 e. The molecule has 210 valence electrons. The number of nitrogens with zero attached hydrogens (tertiary/aromatic N) is 2. The topological polar surface area (TPSA) is 96.0 Å². The number of halogens is 4. The molecule has 0 unspecified atom stereocenters. The number of ether oxygens (including phenoxy) is 1. The van der Waals surface area contributed by atoms with Crippen LogP contribution in [0.3, 0.4) is 0 Å². The Morgan fingerprint density at radius 2 is 1.66 bits per heavy atom. The maximum atomic E-state index is 13.5. The van der Waals surface area contributed by atoms with Gasteiger partial charge in [0.2, 0.25) is 21.8 Å². The minimum atomic E-state index is -4.85. The van der Waals surface area contributed by atoms with Gasteiger partial charge in [-0.05, 0) is 63.6 Å². The number of rotatable bonds is 9. The molecule has 0 aromatic heterocycles. The summed E-state index contributed by atoms with van der Waals surface area (Å²) in [6.07, 6.45) is -4.08. The lowest BCUT2D eigenvalue weighted by Crippen LogP contribution is -2.54. The number of amides is 2. The van der Waals surface area contributed by atoms with Gasteiger partial charge in [-0.3, -0.25) is 13.9 Å². The summed E-state index contributed by atoms with van der Waals surface area (Å²) in [4.78, 5) is 27.6. The van der Waals surface area contributed by atoms with Crippen molar-refractivity contribution in [2.24, 2.45) is 0 Å². The van der Waals surface area contributed by atoms with Crippen LogP contribution in [0, 0.1) is 0 Å². The van der Waals surface area contributed by atoms with Crippen molar-refractivity contribution in [1.82, 2.24) is 10.2 Å². The molecular formula is C25H31ClF3N3O5S. The van der Waals surface area contributed by atoms with Crippen LogP contribution < -0.4 is 14.4 Å². The van der Waals surface area contributed by atoms with Gasteiger partial charge in [0.15, 0.2) is 0 Å².